The van der Waals surface area contributed by atoms with E-state index in [0.717, 1.165) is 56.5 Å². The Kier molecular flexibility index (Phi) is 5.30. The smallest absolute Gasteiger partial charge is 0.227 e. The molecule has 5 heteroatoms. The van der Waals surface area contributed by atoms with Crippen molar-refractivity contribution in [3.05, 3.63) is 47.2 Å². The number of benzene rings is 1. The number of fused-ring (bicyclic) bond motifs is 1. The molecule has 5 nitrogen and oxygen atoms in total. The van der Waals surface area contributed by atoms with Gasteiger partial charge in [0.05, 0.1) is 0 Å². The monoisotopic (exact) mass is 325 g/mol. The van der Waals surface area contributed by atoms with Gasteiger partial charge < -0.3 is 15.1 Å². The molecule has 1 aromatic heterocycles. The largest absolute Gasteiger partial charge is 0.370 e. The molecule has 1 aromatic carbocycles. The second kappa shape index (κ2) is 7.62. The number of aryl methyl sites for hydroxylation is 1. The summed E-state index contributed by atoms with van der Waals surface area (Å²) < 4.78 is 0. The summed E-state index contributed by atoms with van der Waals surface area (Å²) in [5.41, 5.74) is 3.84. The fourth-order valence-corrected chi connectivity index (χ4v) is 3.06. The summed E-state index contributed by atoms with van der Waals surface area (Å²) in [5.74, 6) is 1.76. The maximum absolute atomic E-state index is 4.74. The molecule has 0 atom stereocenters. The van der Waals surface area contributed by atoms with Crippen LogP contribution in [0.2, 0.25) is 0 Å². The SMILES string of the molecule is Cc1cc(NCCCN(C)C)nc(N2CCc3ccccc3C2)n1. The minimum absolute atomic E-state index is 0.833. The first-order valence-corrected chi connectivity index (χ1v) is 8.68. The molecule has 0 fully saturated rings. The van der Waals surface area contributed by atoms with E-state index >= 15 is 0 Å². The standard InChI is InChI=1S/C19H27N5/c1-15-13-18(20-10-6-11-23(2)3)22-19(21-15)24-12-9-16-7-4-5-8-17(16)14-24/h4-5,7-8,13H,6,9-12,14H2,1-3H3,(H,20,21,22). The van der Waals surface area contributed by atoms with Crippen LogP contribution in [0.25, 0.3) is 0 Å². The van der Waals surface area contributed by atoms with Gasteiger partial charge >= 0.3 is 0 Å². The quantitative estimate of drug-likeness (QED) is 0.827. The highest BCUT2D eigenvalue weighted by atomic mass is 15.3. The van der Waals surface area contributed by atoms with Gasteiger partial charge in [0.1, 0.15) is 5.82 Å². The number of hydrogen-bond donors (Lipinski definition) is 1. The zero-order valence-corrected chi connectivity index (χ0v) is 14.9. The van der Waals surface area contributed by atoms with Gasteiger partial charge in [-0.05, 0) is 51.5 Å². The molecule has 0 saturated heterocycles. The molecule has 0 aliphatic carbocycles. The topological polar surface area (TPSA) is 44.3 Å². The Morgan fingerprint density at radius 2 is 1.96 bits per heavy atom. The van der Waals surface area contributed by atoms with Crippen molar-refractivity contribution in [3.63, 3.8) is 0 Å². The molecule has 2 heterocycles. The van der Waals surface area contributed by atoms with E-state index < -0.39 is 0 Å². The fraction of sp³-hybridized carbons (Fsp3) is 0.474. The van der Waals surface area contributed by atoms with Crippen molar-refractivity contribution in [2.24, 2.45) is 0 Å². The van der Waals surface area contributed by atoms with Gasteiger partial charge in [-0.3, -0.25) is 0 Å². The second-order valence-electron chi connectivity index (χ2n) is 6.72. The van der Waals surface area contributed by atoms with Crippen LogP contribution in [0.15, 0.2) is 30.3 Å². The summed E-state index contributed by atoms with van der Waals surface area (Å²) in [5, 5.41) is 3.44. The van der Waals surface area contributed by atoms with E-state index in [2.05, 4.69) is 58.5 Å². The van der Waals surface area contributed by atoms with Crippen LogP contribution in [0.3, 0.4) is 0 Å². The Morgan fingerprint density at radius 3 is 2.75 bits per heavy atom. The second-order valence-corrected chi connectivity index (χ2v) is 6.72. The maximum atomic E-state index is 4.74. The van der Waals surface area contributed by atoms with Crippen LogP contribution < -0.4 is 10.2 Å². The van der Waals surface area contributed by atoms with Gasteiger partial charge in [-0.2, -0.15) is 4.98 Å². The number of hydrogen-bond acceptors (Lipinski definition) is 5. The first-order chi connectivity index (χ1) is 11.6. The van der Waals surface area contributed by atoms with Crippen LogP contribution in [-0.4, -0.2) is 48.6 Å². The van der Waals surface area contributed by atoms with Crippen molar-refractivity contribution in [2.45, 2.75) is 26.3 Å². The molecule has 0 bridgehead atoms. The third-order valence-electron chi connectivity index (χ3n) is 4.34. The Balaban J connectivity index is 1.68. The van der Waals surface area contributed by atoms with E-state index in [1.165, 1.54) is 11.1 Å². The molecule has 0 unspecified atom stereocenters. The van der Waals surface area contributed by atoms with Crippen molar-refractivity contribution < 1.29 is 0 Å². The summed E-state index contributed by atoms with van der Waals surface area (Å²) in [4.78, 5) is 13.9. The minimum Gasteiger partial charge on any atom is -0.370 e. The molecule has 128 valence electrons. The number of anilines is 2. The summed E-state index contributed by atoms with van der Waals surface area (Å²) in [7, 11) is 4.20. The Hall–Kier alpha value is -2.14. The summed E-state index contributed by atoms with van der Waals surface area (Å²) in [6.07, 6.45) is 2.15. The molecule has 0 spiro atoms. The Morgan fingerprint density at radius 1 is 1.17 bits per heavy atom. The summed E-state index contributed by atoms with van der Waals surface area (Å²) in [6, 6.07) is 10.7. The van der Waals surface area contributed by atoms with Crippen LogP contribution >= 0.6 is 0 Å². The van der Waals surface area contributed by atoms with Crippen molar-refractivity contribution in [1.29, 1.82) is 0 Å². The fourth-order valence-electron chi connectivity index (χ4n) is 3.06. The predicted molar refractivity (Wildman–Crippen MR) is 99.6 cm³/mol. The van der Waals surface area contributed by atoms with E-state index in [1.807, 2.05) is 13.0 Å². The lowest BCUT2D eigenvalue weighted by Crippen LogP contribution is -2.32. The van der Waals surface area contributed by atoms with Gasteiger partial charge in [0.25, 0.3) is 0 Å². The molecular formula is C19H27N5. The molecule has 24 heavy (non-hydrogen) atoms. The number of nitrogens with one attached hydrogen (secondary N) is 1. The van der Waals surface area contributed by atoms with Crippen molar-refractivity contribution in [2.75, 3.05) is 43.9 Å². The highest BCUT2D eigenvalue weighted by Gasteiger charge is 2.18. The van der Waals surface area contributed by atoms with Crippen molar-refractivity contribution >= 4 is 11.8 Å². The van der Waals surface area contributed by atoms with Crippen LogP contribution in [0.1, 0.15) is 23.2 Å². The molecule has 0 radical (unpaired) electrons. The van der Waals surface area contributed by atoms with Gasteiger partial charge in [0.15, 0.2) is 0 Å². The maximum Gasteiger partial charge on any atom is 0.227 e. The highest BCUT2D eigenvalue weighted by molar-refractivity contribution is 5.46. The van der Waals surface area contributed by atoms with Crippen molar-refractivity contribution in [1.82, 2.24) is 14.9 Å². The molecule has 1 aliphatic rings. The lowest BCUT2D eigenvalue weighted by molar-refractivity contribution is 0.405. The minimum atomic E-state index is 0.833. The predicted octanol–water partition coefficient (Wildman–Crippen LogP) is 2.71. The summed E-state index contributed by atoms with van der Waals surface area (Å²) >= 11 is 0. The average Bonchev–Trinajstić information content (AvgIpc) is 2.58. The van der Waals surface area contributed by atoms with Gasteiger partial charge in [0.2, 0.25) is 5.95 Å². The van der Waals surface area contributed by atoms with E-state index in [0.29, 0.717) is 0 Å². The van der Waals surface area contributed by atoms with Crippen molar-refractivity contribution in [3.8, 4) is 0 Å². The first-order valence-electron chi connectivity index (χ1n) is 8.68. The molecule has 1 aliphatic heterocycles. The van der Waals surface area contributed by atoms with Gasteiger partial charge in [-0.15, -0.1) is 0 Å². The normalized spacial score (nSPS) is 13.9. The third kappa shape index (κ3) is 4.23. The zero-order chi connectivity index (χ0) is 16.9. The van der Waals surface area contributed by atoms with Crippen LogP contribution in [0.5, 0.6) is 0 Å². The third-order valence-corrected chi connectivity index (χ3v) is 4.34. The van der Waals surface area contributed by atoms with E-state index in [1.54, 1.807) is 0 Å². The van der Waals surface area contributed by atoms with Gasteiger partial charge in [-0.1, -0.05) is 24.3 Å². The molecule has 1 N–H and O–H groups in total. The average molecular weight is 325 g/mol. The summed E-state index contributed by atoms with van der Waals surface area (Å²) in [6.45, 7) is 5.90. The van der Waals surface area contributed by atoms with E-state index in [4.69, 9.17) is 4.98 Å². The molecule has 0 amide bonds. The molecular weight excluding hydrogens is 298 g/mol. The lowest BCUT2D eigenvalue weighted by atomic mass is 10.0. The number of nitrogens with zero attached hydrogens (tertiary/aromatic N) is 4. The number of rotatable bonds is 6. The van der Waals surface area contributed by atoms with Gasteiger partial charge in [-0.25, -0.2) is 4.98 Å². The lowest BCUT2D eigenvalue weighted by Gasteiger charge is -2.29. The number of aromatic nitrogens is 2. The highest BCUT2D eigenvalue weighted by Crippen LogP contribution is 2.23. The first kappa shape index (κ1) is 16.7. The van der Waals surface area contributed by atoms with E-state index in [-0.39, 0.29) is 0 Å². The Labute approximate surface area is 144 Å². The van der Waals surface area contributed by atoms with Crippen LogP contribution in [0.4, 0.5) is 11.8 Å². The molecule has 2 aromatic rings. The van der Waals surface area contributed by atoms with Crippen LogP contribution in [0, 0.1) is 6.92 Å². The Bertz CT molecular complexity index is 683. The molecule has 0 saturated carbocycles. The van der Waals surface area contributed by atoms with E-state index in [9.17, 15) is 0 Å². The zero-order valence-electron chi connectivity index (χ0n) is 14.9. The molecule has 3 rings (SSSR count). The van der Waals surface area contributed by atoms with Gasteiger partial charge in [0, 0.05) is 31.4 Å². The van der Waals surface area contributed by atoms with Crippen LogP contribution in [-0.2, 0) is 13.0 Å².